The van der Waals surface area contributed by atoms with E-state index in [1.54, 1.807) is 0 Å². The number of aliphatic carboxylic acids is 1. The molecule has 1 saturated heterocycles. The van der Waals surface area contributed by atoms with Crippen LogP contribution in [0.4, 0.5) is 4.39 Å². The number of furan rings is 1. The Morgan fingerprint density at radius 2 is 2.24 bits per heavy atom. The van der Waals surface area contributed by atoms with Crippen molar-refractivity contribution in [2.45, 2.75) is 12.1 Å². The summed E-state index contributed by atoms with van der Waals surface area (Å²) in [7, 11) is 0. The summed E-state index contributed by atoms with van der Waals surface area (Å²) >= 11 is 5.51. The molecule has 1 unspecified atom stereocenters. The largest absolute Gasteiger partial charge is 0.479 e. The number of amides is 1. The molecule has 0 spiro atoms. The van der Waals surface area contributed by atoms with E-state index in [9.17, 15) is 14.0 Å². The summed E-state index contributed by atoms with van der Waals surface area (Å²) in [5.74, 6) is -2.13. The summed E-state index contributed by atoms with van der Waals surface area (Å²) in [4.78, 5) is 23.6. The monoisotopic (exact) mass is 261 g/mol. The van der Waals surface area contributed by atoms with Crippen LogP contribution in [0.25, 0.3) is 0 Å². The highest BCUT2D eigenvalue weighted by atomic mass is 35.5. The lowest BCUT2D eigenvalue weighted by atomic mass is 10.1. The fraction of sp³-hybridized carbons (Fsp3) is 0.400. The number of rotatable bonds is 2. The van der Waals surface area contributed by atoms with Crippen molar-refractivity contribution in [3.63, 3.8) is 0 Å². The third-order valence-corrected chi connectivity index (χ3v) is 2.88. The number of nitrogens with zero attached hydrogens (tertiary/aromatic N) is 1. The van der Waals surface area contributed by atoms with Crippen molar-refractivity contribution in [2.24, 2.45) is 0 Å². The average molecular weight is 262 g/mol. The quantitative estimate of drug-likeness (QED) is 0.877. The van der Waals surface area contributed by atoms with Crippen LogP contribution in [-0.2, 0) is 4.79 Å². The maximum atomic E-state index is 13.7. The van der Waals surface area contributed by atoms with Gasteiger partial charge < -0.3 is 14.4 Å². The molecule has 0 radical (unpaired) electrons. The SMILES string of the molecule is O=C(c1ccc(Cl)o1)N1CCC(F)(C(=O)O)C1. The van der Waals surface area contributed by atoms with Crippen LogP contribution in [0.2, 0.25) is 5.22 Å². The Bertz CT molecular complexity index is 475. The van der Waals surface area contributed by atoms with Gasteiger partial charge in [-0.05, 0) is 23.7 Å². The lowest BCUT2D eigenvalue weighted by Gasteiger charge is -2.16. The van der Waals surface area contributed by atoms with Crippen LogP contribution >= 0.6 is 11.6 Å². The summed E-state index contributed by atoms with van der Waals surface area (Å²) in [5, 5.41) is 8.74. The molecule has 1 fully saturated rings. The van der Waals surface area contributed by atoms with Gasteiger partial charge in [0, 0.05) is 13.0 Å². The van der Waals surface area contributed by atoms with Gasteiger partial charge in [0.05, 0.1) is 6.54 Å². The molecule has 1 amide bonds. The fourth-order valence-corrected chi connectivity index (χ4v) is 1.85. The lowest BCUT2D eigenvalue weighted by molar-refractivity contribution is -0.149. The van der Waals surface area contributed by atoms with E-state index in [-0.39, 0.29) is 23.9 Å². The Balaban J connectivity index is 2.11. The van der Waals surface area contributed by atoms with Crippen LogP contribution in [0.15, 0.2) is 16.5 Å². The van der Waals surface area contributed by atoms with E-state index in [2.05, 4.69) is 0 Å². The van der Waals surface area contributed by atoms with E-state index in [4.69, 9.17) is 21.1 Å². The topological polar surface area (TPSA) is 70.8 Å². The summed E-state index contributed by atoms with van der Waals surface area (Å²) < 4.78 is 18.6. The molecule has 7 heteroatoms. The van der Waals surface area contributed by atoms with Crippen molar-refractivity contribution in [1.29, 1.82) is 0 Å². The highest BCUT2D eigenvalue weighted by Gasteiger charge is 2.47. The number of hydrogen-bond acceptors (Lipinski definition) is 3. The van der Waals surface area contributed by atoms with Crippen LogP contribution < -0.4 is 0 Å². The van der Waals surface area contributed by atoms with Gasteiger partial charge in [-0.15, -0.1) is 0 Å². The molecule has 1 N–H and O–H groups in total. The molecule has 17 heavy (non-hydrogen) atoms. The number of carbonyl (C=O) groups is 2. The van der Waals surface area contributed by atoms with Gasteiger partial charge in [-0.2, -0.15) is 0 Å². The summed E-state index contributed by atoms with van der Waals surface area (Å²) in [5.41, 5.74) is -2.37. The first-order chi connectivity index (χ1) is 7.92. The van der Waals surface area contributed by atoms with Crippen molar-refractivity contribution in [1.82, 2.24) is 4.90 Å². The van der Waals surface area contributed by atoms with Gasteiger partial charge in [0.2, 0.25) is 5.67 Å². The highest BCUT2D eigenvalue weighted by molar-refractivity contribution is 6.29. The average Bonchev–Trinajstić information content (AvgIpc) is 2.85. The standard InChI is InChI=1S/C10H9ClFNO4/c11-7-2-1-6(17-7)8(14)13-4-3-10(12,5-13)9(15)16/h1-2H,3-5H2,(H,15,16). The van der Waals surface area contributed by atoms with E-state index >= 15 is 0 Å². The summed E-state index contributed by atoms with van der Waals surface area (Å²) in [6.07, 6.45) is -0.220. The molecule has 92 valence electrons. The summed E-state index contributed by atoms with van der Waals surface area (Å²) in [6, 6.07) is 2.76. The van der Waals surface area contributed by atoms with Gasteiger partial charge in [0.15, 0.2) is 11.0 Å². The summed E-state index contributed by atoms with van der Waals surface area (Å²) in [6.45, 7) is -0.431. The predicted molar refractivity (Wildman–Crippen MR) is 55.7 cm³/mol. The van der Waals surface area contributed by atoms with Crippen LogP contribution in [0.1, 0.15) is 17.0 Å². The first-order valence-electron chi connectivity index (χ1n) is 4.89. The van der Waals surface area contributed by atoms with Gasteiger partial charge in [0.25, 0.3) is 5.91 Å². The Hall–Kier alpha value is -1.56. The predicted octanol–water partition coefficient (Wildman–Crippen LogP) is 1.57. The Morgan fingerprint density at radius 3 is 2.71 bits per heavy atom. The molecule has 1 atom stereocenters. The van der Waals surface area contributed by atoms with Gasteiger partial charge in [-0.3, -0.25) is 4.79 Å². The molecule has 1 aliphatic rings. The second-order valence-corrected chi connectivity index (χ2v) is 4.22. The van der Waals surface area contributed by atoms with Gasteiger partial charge in [0.1, 0.15) is 0 Å². The molecule has 0 aliphatic carbocycles. The van der Waals surface area contributed by atoms with Gasteiger partial charge in [-0.25, -0.2) is 9.18 Å². The van der Waals surface area contributed by atoms with E-state index < -0.39 is 24.1 Å². The number of likely N-dealkylation sites (tertiary alicyclic amines) is 1. The fourth-order valence-electron chi connectivity index (χ4n) is 1.71. The van der Waals surface area contributed by atoms with Gasteiger partial charge in [-0.1, -0.05) is 0 Å². The number of alkyl halides is 1. The molecule has 0 saturated carbocycles. The van der Waals surface area contributed by atoms with Crippen LogP contribution in [-0.4, -0.2) is 40.6 Å². The van der Waals surface area contributed by atoms with E-state index in [1.807, 2.05) is 0 Å². The third kappa shape index (κ3) is 2.12. The number of carboxylic acids is 1. The lowest BCUT2D eigenvalue weighted by Crippen LogP contribution is -2.38. The molecular formula is C10H9ClFNO4. The molecule has 5 nitrogen and oxygen atoms in total. The normalized spacial score (nSPS) is 24.0. The van der Waals surface area contributed by atoms with Crippen LogP contribution in [0, 0.1) is 0 Å². The molecule has 2 rings (SSSR count). The Morgan fingerprint density at radius 1 is 1.53 bits per heavy atom. The number of carbonyl (C=O) groups excluding carboxylic acids is 1. The highest BCUT2D eigenvalue weighted by Crippen LogP contribution is 2.27. The van der Waals surface area contributed by atoms with E-state index in [1.165, 1.54) is 12.1 Å². The first-order valence-corrected chi connectivity index (χ1v) is 5.27. The Kier molecular flexibility index (Phi) is 2.82. The molecule has 0 aromatic carbocycles. The minimum atomic E-state index is -2.37. The molecule has 0 bridgehead atoms. The molecule has 2 heterocycles. The van der Waals surface area contributed by atoms with E-state index in [0.29, 0.717) is 0 Å². The maximum absolute atomic E-state index is 13.7. The Labute approximate surface area is 101 Å². The minimum absolute atomic E-state index is 0.0235. The van der Waals surface area contributed by atoms with Crippen LogP contribution in [0.5, 0.6) is 0 Å². The molecular weight excluding hydrogens is 253 g/mol. The zero-order chi connectivity index (χ0) is 12.6. The minimum Gasteiger partial charge on any atom is -0.479 e. The van der Waals surface area contributed by atoms with E-state index in [0.717, 1.165) is 4.90 Å². The smallest absolute Gasteiger partial charge is 0.343 e. The number of carboxylic acid groups (broad SMARTS) is 1. The van der Waals surface area contributed by atoms with Crippen molar-refractivity contribution in [2.75, 3.05) is 13.1 Å². The van der Waals surface area contributed by atoms with Crippen LogP contribution in [0.3, 0.4) is 0 Å². The zero-order valence-electron chi connectivity index (χ0n) is 8.65. The van der Waals surface area contributed by atoms with Crippen molar-refractivity contribution >= 4 is 23.5 Å². The van der Waals surface area contributed by atoms with Crippen molar-refractivity contribution in [3.8, 4) is 0 Å². The van der Waals surface area contributed by atoms with Crippen molar-refractivity contribution < 1.29 is 23.5 Å². The molecule has 1 aliphatic heterocycles. The second kappa shape index (κ2) is 4.03. The second-order valence-electron chi connectivity index (χ2n) is 3.85. The zero-order valence-corrected chi connectivity index (χ0v) is 9.41. The maximum Gasteiger partial charge on any atom is 0.343 e. The van der Waals surface area contributed by atoms with Gasteiger partial charge >= 0.3 is 5.97 Å². The molecule has 1 aromatic heterocycles. The number of halogens is 2. The third-order valence-electron chi connectivity index (χ3n) is 2.67. The van der Waals surface area contributed by atoms with Crippen molar-refractivity contribution in [3.05, 3.63) is 23.1 Å². The first kappa shape index (κ1) is 11.9. The molecule has 1 aromatic rings. The number of hydrogen-bond donors (Lipinski definition) is 1.